The number of hydrogen-bond donors (Lipinski definition) is 1. The first kappa shape index (κ1) is 16.2. The van der Waals surface area contributed by atoms with E-state index in [4.69, 9.17) is 0 Å². The molecule has 2 aromatic rings. The van der Waals surface area contributed by atoms with Crippen molar-refractivity contribution in [1.82, 2.24) is 9.78 Å². The van der Waals surface area contributed by atoms with Crippen LogP contribution in [-0.2, 0) is 11.8 Å². The summed E-state index contributed by atoms with van der Waals surface area (Å²) in [5.41, 5.74) is 2.39. The predicted octanol–water partition coefficient (Wildman–Crippen LogP) is 4.09. The van der Waals surface area contributed by atoms with Gasteiger partial charge in [0.15, 0.2) is 0 Å². The minimum absolute atomic E-state index is 0.284. The van der Waals surface area contributed by atoms with Crippen LogP contribution in [0.5, 0.6) is 0 Å². The van der Waals surface area contributed by atoms with Crippen molar-refractivity contribution in [2.75, 3.05) is 5.32 Å². The molecular formula is C18H18F3N3O. The van der Waals surface area contributed by atoms with Gasteiger partial charge in [-0.3, -0.25) is 9.48 Å². The normalized spacial score (nSPS) is 19.5. The fourth-order valence-electron chi connectivity index (χ4n) is 3.33. The standard InChI is InChI=1S/C18H18F3N3O/c1-24-16(22-17(25)12-8-18(20,21)9-12)14(10-2-3-10)15(23-24)11-4-6-13(19)7-5-11/h4-7,10,12H,2-3,8-9H2,1H3,(H,22,25). The van der Waals surface area contributed by atoms with Crippen molar-refractivity contribution >= 4 is 11.7 Å². The van der Waals surface area contributed by atoms with Gasteiger partial charge in [-0.05, 0) is 43.0 Å². The average molecular weight is 349 g/mol. The highest BCUT2D eigenvalue weighted by molar-refractivity contribution is 5.94. The number of benzene rings is 1. The molecule has 0 aliphatic heterocycles. The Balaban J connectivity index is 1.64. The lowest BCUT2D eigenvalue weighted by Gasteiger charge is -2.33. The zero-order valence-corrected chi connectivity index (χ0v) is 13.7. The van der Waals surface area contributed by atoms with Crippen LogP contribution in [-0.4, -0.2) is 21.6 Å². The van der Waals surface area contributed by atoms with Gasteiger partial charge in [0.1, 0.15) is 11.6 Å². The van der Waals surface area contributed by atoms with Gasteiger partial charge in [-0.15, -0.1) is 0 Å². The van der Waals surface area contributed by atoms with Gasteiger partial charge in [0.25, 0.3) is 0 Å². The van der Waals surface area contributed by atoms with Crippen LogP contribution in [0.4, 0.5) is 19.0 Å². The number of hydrogen-bond acceptors (Lipinski definition) is 2. The second kappa shape index (κ2) is 5.61. The van der Waals surface area contributed by atoms with E-state index in [1.165, 1.54) is 12.1 Å². The number of nitrogens with zero attached hydrogens (tertiary/aromatic N) is 2. The third kappa shape index (κ3) is 3.03. The minimum Gasteiger partial charge on any atom is -0.310 e. The number of nitrogens with one attached hydrogen (secondary N) is 1. The van der Waals surface area contributed by atoms with Crippen LogP contribution in [0.15, 0.2) is 24.3 Å². The van der Waals surface area contributed by atoms with Crippen molar-refractivity contribution in [2.24, 2.45) is 13.0 Å². The molecule has 2 aliphatic rings. The topological polar surface area (TPSA) is 46.9 Å². The molecule has 2 saturated carbocycles. The number of aromatic nitrogens is 2. The molecule has 25 heavy (non-hydrogen) atoms. The van der Waals surface area contributed by atoms with E-state index in [1.54, 1.807) is 23.9 Å². The van der Waals surface area contributed by atoms with E-state index >= 15 is 0 Å². The zero-order valence-electron chi connectivity index (χ0n) is 13.7. The van der Waals surface area contributed by atoms with E-state index in [0.29, 0.717) is 11.5 Å². The van der Waals surface area contributed by atoms with Crippen LogP contribution in [0, 0.1) is 11.7 Å². The van der Waals surface area contributed by atoms with Crippen molar-refractivity contribution in [3.8, 4) is 11.3 Å². The summed E-state index contributed by atoms with van der Waals surface area (Å²) in [7, 11) is 1.71. The molecular weight excluding hydrogens is 331 g/mol. The molecule has 0 radical (unpaired) electrons. The van der Waals surface area contributed by atoms with Crippen LogP contribution in [0.25, 0.3) is 11.3 Å². The molecule has 4 nitrogen and oxygen atoms in total. The molecule has 1 amide bonds. The Morgan fingerprint density at radius 1 is 1.24 bits per heavy atom. The van der Waals surface area contributed by atoms with Gasteiger partial charge in [0.05, 0.1) is 5.69 Å². The number of anilines is 1. The van der Waals surface area contributed by atoms with Crippen LogP contribution >= 0.6 is 0 Å². The van der Waals surface area contributed by atoms with E-state index in [0.717, 1.165) is 24.0 Å². The second-order valence-electron chi connectivity index (χ2n) is 6.97. The van der Waals surface area contributed by atoms with Gasteiger partial charge in [0.2, 0.25) is 11.8 Å². The van der Waals surface area contributed by atoms with Gasteiger partial charge < -0.3 is 5.32 Å². The Morgan fingerprint density at radius 2 is 1.88 bits per heavy atom. The van der Waals surface area contributed by atoms with Gasteiger partial charge in [-0.25, -0.2) is 13.2 Å². The summed E-state index contributed by atoms with van der Waals surface area (Å²) < 4.78 is 40.8. The first-order valence-corrected chi connectivity index (χ1v) is 8.35. The number of aryl methyl sites for hydroxylation is 1. The number of halogens is 3. The molecule has 2 aliphatic carbocycles. The Bertz CT molecular complexity index is 817. The Kier molecular flexibility index (Phi) is 3.63. The molecule has 0 bridgehead atoms. The SMILES string of the molecule is Cn1nc(-c2ccc(F)cc2)c(C2CC2)c1NC(=O)C1CC(F)(F)C1. The maximum Gasteiger partial charge on any atom is 0.249 e. The van der Waals surface area contributed by atoms with Crippen molar-refractivity contribution in [3.63, 3.8) is 0 Å². The largest absolute Gasteiger partial charge is 0.310 e. The Labute approximate surface area is 143 Å². The third-order valence-corrected chi connectivity index (χ3v) is 4.89. The summed E-state index contributed by atoms with van der Waals surface area (Å²) in [5.74, 6) is -3.26. The Hall–Kier alpha value is -2.31. The molecule has 4 rings (SSSR count). The number of rotatable bonds is 4. The van der Waals surface area contributed by atoms with Crippen molar-refractivity contribution in [3.05, 3.63) is 35.6 Å². The molecule has 0 spiro atoms. The molecule has 0 saturated heterocycles. The summed E-state index contributed by atoms with van der Waals surface area (Å²) >= 11 is 0. The lowest BCUT2D eigenvalue weighted by Crippen LogP contribution is -2.42. The maximum atomic E-state index is 13.2. The van der Waals surface area contributed by atoms with E-state index in [9.17, 15) is 18.0 Å². The predicted molar refractivity (Wildman–Crippen MR) is 86.9 cm³/mol. The van der Waals surface area contributed by atoms with Gasteiger partial charge in [-0.2, -0.15) is 5.10 Å². The van der Waals surface area contributed by atoms with Crippen molar-refractivity contribution in [2.45, 2.75) is 37.5 Å². The van der Waals surface area contributed by atoms with Crippen LogP contribution in [0.1, 0.15) is 37.2 Å². The van der Waals surface area contributed by atoms with E-state index in [-0.39, 0.29) is 17.6 Å². The molecule has 7 heteroatoms. The third-order valence-electron chi connectivity index (χ3n) is 4.89. The summed E-state index contributed by atoms with van der Waals surface area (Å²) in [5, 5.41) is 7.28. The van der Waals surface area contributed by atoms with E-state index in [2.05, 4.69) is 10.4 Å². The van der Waals surface area contributed by atoms with Gasteiger partial charge in [-0.1, -0.05) is 0 Å². The molecule has 1 aromatic heterocycles. The summed E-state index contributed by atoms with van der Waals surface area (Å²) in [6.07, 6.45) is 1.18. The van der Waals surface area contributed by atoms with Gasteiger partial charge >= 0.3 is 0 Å². The van der Waals surface area contributed by atoms with Crippen molar-refractivity contribution in [1.29, 1.82) is 0 Å². The summed E-state index contributed by atoms with van der Waals surface area (Å²) in [4.78, 5) is 12.3. The molecule has 0 unspecified atom stereocenters. The smallest absolute Gasteiger partial charge is 0.249 e. The highest BCUT2D eigenvalue weighted by Crippen LogP contribution is 2.48. The number of carbonyl (C=O) groups excluding carboxylic acids is 1. The number of amides is 1. The maximum absolute atomic E-state index is 13.2. The van der Waals surface area contributed by atoms with E-state index in [1.807, 2.05) is 0 Å². The lowest BCUT2D eigenvalue weighted by atomic mass is 9.81. The molecule has 0 atom stereocenters. The van der Waals surface area contributed by atoms with Gasteiger partial charge in [0, 0.05) is 36.9 Å². The lowest BCUT2D eigenvalue weighted by molar-refractivity contribution is -0.145. The molecule has 2 fully saturated rings. The first-order valence-electron chi connectivity index (χ1n) is 8.35. The van der Waals surface area contributed by atoms with Crippen LogP contribution < -0.4 is 5.32 Å². The Morgan fingerprint density at radius 3 is 2.44 bits per heavy atom. The van der Waals surface area contributed by atoms with Crippen LogP contribution in [0.2, 0.25) is 0 Å². The number of carbonyl (C=O) groups is 1. The summed E-state index contributed by atoms with van der Waals surface area (Å²) in [6, 6.07) is 6.05. The first-order chi connectivity index (χ1) is 11.8. The highest BCUT2D eigenvalue weighted by atomic mass is 19.3. The fourth-order valence-corrected chi connectivity index (χ4v) is 3.33. The molecule has 1 heterocycles. The molecule has 1 aromatic carbocycles. The molecule has 132 valence electrons. The van der Waals surface area contributed by atoms with E-state index < -0.39 is 24.7 Å². The van der Waals surface area contributed by atoms with Crippen molar-refractivity contribution < 1.29 is 18.0 Å². The zero-order chi connectivity index (χ0) is 17.8. The highest BCUT2D eigenvalue weighted by Gasteiger charge is 2.49. The average Bonchev–Trinajstić information content (AvgIpc) is 3.31. The van der Waals surface area contributed by atoms with Crippen LogP contribution in [0.3, 0.4) is 0 Å². The monoisotopic (exact) mass is 349 g/mol. The summed E-state index contributed by atoms with van der Waals surface area (Å²) in [6.45, 7) is 0. The fraction of sp³-hybridized carbons (Fsp3) is 0.444. The molecule has 1 N–H and O–H groups in total. The minimum atomic E-state index is -2.73. The quantitative estimate of drug-likeness (QED) is 0.904. The number of alkyl halides is 2. The second-order valence-corrected chi connectivity index (χ2v) is 6.97.